The van der Waals surface area contributed by atoms with Gasteiger partial charge in [-0.15, -0.1) is 5.10 Å². The normalized spacial score (nSPS) is 12.3. The Kier molecular flexibility index (Phi) is 6.59. The standard InChI is InChI=1S/C26H29N5O/c1-18(2)25(20-8-10-22(11-9-20)26-28-29-30-31(26)19(3)4)21-12-14-24(15-13-21)32-17-23-7-5-6-16-27-23/h5-16,18-19,25H,17H2,1-4H3. The zero-order valence-electron chi connectivity index (χ0n) is 19.0. The predicted molar refractivity (Wildman–Crippen MR) is 125 cm³/mol. The first-order valence-electron chi connectivity index (χ1n) is 11.0. The van der Waals surface area contributed by atoms with Crippen molar-refractivity contribution in [1.82, 2.24) is 25.2 Å². The molecule has 1 atom stereocenters. The lowest BCUT2D eigenvalue weighted by Gasteiger charge is -2.22. The molecule has 0 saturated carbocycles. The molecule has 0 aliphatic rings. The van der Waals surface area contributed by atoms with E-state index in [0.29, 0.717) is 12.5 Å². The molecule has 2 aromatic carbocycles. The van der Waals surface area contributed by atoms with Gasteiger partial charge in [0.1, 0.15) is 12.4 Å². The zero-order chi connectivity index (χ0) is 22.5. The van der Waals surface area contributed by atoms with Crippen LogP contribution in [0.15, 0.2) is 72.9 Å². The van der Waals surface area contributed by atoms with Crippen molar-refractivity contribution >= 4 is 0 Å². The second kappa shape index (κ2) is 9.73. The van der Waals surface area contributed by atoms with Crippen LogP contribution in [0.4, 0.5) is 0 Å². The van der Waals surface area contributed by atoms with Crippen LogP contribution in [0.25, 0.3) is 11.4 Å². The van der Waals surface area contributed by atoms with Crippen molar-refractivity contribution in [3.05, 3.63) is 89.7 Å². The van der Waals surface area contributed by atoms with Gasteiger partial charge < -0.3 is 4.74 Å². The van der Waals surface area contributed by atoms with E-state index in [1.54, 1.807) is 6.20 Å². The second-order valence-electron chi connectivity index (χ2n) is 8.56. The van der Waals surface area contributed by atoms with E-state index in [0.717, 1.165) is 22.8 Å². The highest BCUT2D eigenvalue weighted by atomic mass is 16.5. The molecule has 0 aliphatic carbocycles. The minimum atomic E-state index is 0.210. The third kappa shape index (κ3) is 4.85. The van der Waals surface area contributed by atoms with E-state index in [9.17, 15) is 0 Å². The van der Waals surface area contributed by atoms with Crippen LogP contribution in [0.3, 0.4) is 0 Å². The van der Waals surface area contributed by atoms with Gasteiger partial charge in [-0.3, -0.25) is 4.98 Å². The first kappa shape index (κ1) is 21.7. The molecule has 2 heterocycles. The number of tetrazole rings is 1. The van der Waals surface area contributed by atoms with Crippen molar-refractivity contribution in [2.75, 3.05) is 0 Å². The number of rotatable bonds is 8. The largest absolute Gasteiger partial charge is 0.487 e. The van der Waals surface area contributed by atoms with Crippen LogP contribution in [-0.4, -0.2) is 25.2 Å². The molecule has 0 N–H and O–H groups in total. The molecule has 6 nitrogen and oxygen atoms in total. The third-order valence-electron chi connectivity index (χ3n) is 5.53. The molecule has 4 aromatic rings. The van der Waals surface area contributed by atoms with Crippen LogP contribution in [0.2, 0.25) is 0 Å². The average Bonchev–Trinajstić information content (AvgIpc) is 3.30. The molecule has 1 unspecified atom stereocenters. The molecule has 164 valence electrons. The summed E-state index contributed by atoms with van der Waals surface area (Å²) in [6, 6.07) is 23.0. The second-order valence-corrected chi connectivity index (χ2v) is 8.56. The van der Waals surface area contributed by atoms with Gasteiger partial charge in [0.15, 0.2) is 5.82 Å². The quantitative estimate of drug-likeness (QED) is 0.362. The van der Waals surface area contributed by atoms with E-state index < -0.39 is 0 Å². The highest BCUT2D eigenvalue weighted by Gasteiger charge is 2.19. The average molecular weight is 428 g/mol. The number of benzene rings is 2. The van der Waals surface area contributed by atoms with Crippen LogP contribution < -0.4 is 4.74 Å². The van der Waals surface area contributed by atoms with E-state index in [1.807, 2.05) is 35.0 Å². The maximum absolute atomic E-state index is 5.90. The van der Waals surface area contributed by atoms with E-state index in [2.05, 4.69) is 84.6 Å². The number of aromatic nitrogens is 5. The van der Waals surface area contributed by atoms with Gasteiger partial charge in [-0.05, 0) is 65.6 Å². The molecule has 6 heteroatoms. The van der Waals surface area contributed by atoms with E-state index >= 15 is 0 Å². The van der Waals surface area contributed by atoms with Gasteiger partial charge in [-0.1, -0.05) is 56.3 Å². The van der Waals surface area contributed by atoms with Crippen LogP contribution >= 0.6 is 0 Å². The fourth-order valence-electron chi connectivity index (χ4n) is 3.95. The monoisotopic (exact) mass is 427 g/mol. The van der Waals surface area contributed by atoms with E-state index in [-0.39, 0.29) is 12.0 Å². The van der Waals surface area contributed by atoms with Gasteiger partial charge in [-0.25, -0.2) is 4.68 Å². The molecule has 0 aliphatic heterocycles. The molecule has 2 aromatic heterocycles. The third-order valence-corrected chi connectivity index (χ3v) is 5.53. The Hall–Kier alpha value is -3.54. The van der Waals surface area contributed by atoms with Crippen molar-refractivity contribution in [2.45, 2.75) is 46.3 Å². The molecular formula is C26H29N5O. The zero-order valence-corrected chi connectivity index (χ0v) is 19.0. The van der Waals surface area contributed by atoms with Crippen LogP contribution in [-0.2, 0) is 6.61 Å². The molecule has 0 saturated heterocycles. The summed E-state index contributed by atoms with van der Waals surface area (Å²) in [7, 11) is 0. The Balaban J connectivity index is 1.51. The van der Waals surface area contributed by atoms with Gasteiger partial charge in [-0.2, -0.15) is 0 Å². The molecule has 0 fully saturated rings. The summed E-state index contributed by atoms with van der Waals surface area (Å²) in [6.07, 6.45) is 1.78. The lowest BCUT2D eigenvalue weighted by molar-refractivity contribution is 0.301. The number of nitrogens with zero attached hydrogens (tertiary/aromatic N) is 5. The van der Waals surface area contributed by atoms with Gasteiger partial charge in [0, 0.05) is 17.7 Å². The molecule has 0 spiro atoms. The number of ether oxygens (including phenoxy) is 1. The van der Waals surface area contributed by atoms with Crippen molar-refractivity contribution in [3.8, 4) is 17.1 Å². The fourth-order valence-corrected chi connectivity index (χ4v) is 3.95. The van der Waals surface area contributed by atoms with Crippen molar-refractivity contribution in [3.63, 3.8) is 0 Å². The minimum Gasteiger partial charge on any atom is -0.487 e. The highest BCUT2D eigenvalue weighted by molar-refractivity contribution is 5.56. The SMILES string of the molecule is CC(C)C(c1ccc(OCc2ccccn2)cc1)c1ccc(-c2nnnn2C(C)C)cc1. The molecule has 4 rings (SSSR count). The van der Waals surface area contributed by atoms with Crippen molar-refractivity contribution in [1.29, 1.82) is 0 Å². The maximum Gasteiger partial charge on any atom is 0.182 e. The number of hydrogen-bond acceptors (Lipinski definition) is 5. The molecule has 0 amide bonds. The summed E-state index contributed by atoms with van der Waals surface area (Å²) in [4.78, 5) is 4.30. The molecule has 32 heavy (non-hydrogen) atoms. The molecular weight excluding hydrogens is 398 g/mol. The molecule has 0 bridgehead atoms. The summed E-state index contributed by atoms with van der Waals surface area (Å²) in [5, 5.41) is 12.2. The Morgan fingerprint density at radius 3 is 2.12 bits per heavy atom. The number of hydrogen-bond donors (Lipinski definition) is 0. The van der Waals surface area contributed by atoms with Crippen LogP contribution in [0.5, 0.6) is 5.75 Å². The molecule has 0 radical (unpaired) electrons. The lowest BCUT2D eigenvalue weighted by atomic mass is 9.82. The van der Waals surface area contributed by atoms with Gasteiger partial charge in [0.05, 0.1) is 11.7 Å². The van der Waals surface area contributed by atoms with Crippen LogP contribution in [0.1, 0.15) is 56.5 Å². The Morgan fingerprint density at radius 1 is 0.844 bits per heavy atom. The maximum atomic E-state index is 5.90. The summed E-state index contributed by atoms with van der Waals surface area (Å²) in [6.45, 7) is 9.12. The highest BCUT2D eigenvalue weighted by Crippen LogP contribution is 2.34. The lowest BCUT2D eigenvalue weighted by Crippen LogP contribution is -2.09. The van der Waals surface area contributed by atoms with Crippen molar-refractivity contribution in [2.24, 2.45) is 5.92 Å². The van der Waals surface area contributed by atoms with Gasteiger partial charge in [0.25, 0.3) is 0 Å². The van der Waals surface area contributed by atoms with Crippen molar-refractivity contribution < 1.29 is 4.74 Å². The summed E-state index contributed by atoms with van der Waals surface area (Å²) >= 11 is 0. The Bertz CT molecular complexity index is 1120. The smallest absolute Gasteiger partial charge is 0.182 e. The topological polar surface area (TPSA) is 65.7 Å². The van der Waals surface area contributed by atoms with Gasteiger partial charge >= 0.3 is 0 Å². The first-order valence-corrected chi connectivity index (χ1v) is 11.0. The van der Waals surface area contributed by atoms with E-state index in [4.69, 9.17) is 4.74 Å². The fraction of sp³-hybridized carbons (Fsp3) is 0.308. The number of pyridine rings is 1. The van der Waals surface area contributed by atoms with E-state index in [1.165, 1.54) is 11.1 Å². The predicted octanol–water partition coefficient (Wildman–Crippen LogP) is 5.68. The summed E-state index contributed by atoms with van der Waals surface area (Å²) < 4.78 is 7.74. The van der Waals surface area contributed by atoms with Gasteiger partial charge in [0.2, 0.25) is 0 Å². The Labute approximate surface area is 189 Å². The summed E-state index contributed by atoms with van der Waals surface area (Å²) in [5.41, 5.74) is 4.48. The summed E-state index contributed by atoms with van der Waals surface area (Å²) in [5.74, 6) is 2.37. The first-order chi connectivity index (χ1) is 15.5. The van der Waals surface area contributed by atoms with Crippen LogP contribution in [0, 0.1) is 5.92 Å². The Morgan fingerprint density at radius 2 is 1.53 bits per heavy atom. The minimum absolute atomic E-state index is 0.210.